The summed E-state index contributed by atoms with van der Waals surface area (Å²) in [6.45, 7) is 1.24. The number of aliphatic hydroxyl groups is 1. The van der Waals surface area contributed by atoms with Gasteiger partial charge in [0.05, 0.1) is 0 Å². The summed E-state index contributed by atoms with van der Waals surface area (Å²) < 4.78 is 0.996. The van der Waals surface area contributed by atoms with Crippen LogP contribution >= 0.6 is 15.9 Å². The number of halogens is 1. The maximum absolute atomic E-state index is 9.27. The molecule has 94 valence electrons. The highest BCUT2D eigenvalue weighted by Crippen LogP contribution is 2.32. The molecule has 0 radical (unpaired) electrons. The third-order valence-electron chi connectivity index (χ3n) is 3.60. The van der Waals surface area contributed by atoms with Crippen molar-refractivity contribution in [1.29, 1.82) is 0 Å². The molecule has 1 aliphatic carbocycles. The molecule has 1 saturated carbocycles. The summed E-state index contributed by atoms with van der Waals surface area (Å²) >= 11 is 3.50. The molecule has 0 spiro atoms. The summed E-state index contributed by atoms with van der Waals surface area (Å²) in [6.07, 6.45) is 3.61. The topological polar surface area (TPSA) is 58.3 Å². The number of aliphatic hydroxyl groups excluding tert-OH is 1. The standard InChI is InChI=1S/C13H19BrN2O/c14-12-6-11(15)4-5-13(12)16-7-9-2-1-3-10(9)8-17/h4-6,9-10,16-17H,1-3,7-8,15H2. The highest BCUT2D eigenvalue weighted by molar-refractivity contribution is 9.10. The largest absolute Gasteiger partial charge is 0.399 e. The van der Waals surface area contributed by atoms with E-state index >= 15 is 0 Å². The molecule has 0 aromatic heterocycles. The maximum Gasteiger partial charge on any atom is 0.0486 e. The smallest absolute Gasteiger partial charge is 0.0486 e. The fourth-order valence-corrected chi connectivity index (χ4v) is 3.08. The van der Waals surface area contributed by atoms with Gasteiger partial charge in [-0.1, -0.05) is 6.42 Å². The lowest BCUT2D eigenvalue weighted by atomic mass is 9.97. The Balaban J connectivity index is 1.93. The molecule has 0 heterocycles. The first-order valence-corrected chi connectivity index (χ1v) is 6.89. The van der Waals surface area contributed by atoms with Gasteiger partial charge >= 0.3 is 0 Å². The van der Waals surface area contributed by atoms with E-state index in [2.05, 4.69) is 21.2 Å². The van der Waals surface area contributed by atoms with Crippen molar-refractivity contribution in [3.63, 3.8) is 0 Å². The van der Waals surface area contributed by atoms with Gasteiger partial charge in [0.2, 0.25) is 0 Å². The van der Waals surface area contributed by atoms with Gasteiger partial charge in [0.1, 0.15) is 0 Å². The Kier molecular flexibility index (Phi) is 4.29. The van der Waals surface area contributed by atoms with Crippen LogP contribution in [-0.4, -0.2) is 18.3 Å². The quantitative estimate of drug-likeness (QED) is 0.749. The van der Waals surface area contributed by atoms with E-state index in [-0.39, 0.29) is 0 Å². The average Bonchev–Trinajstić information content (AvgIpc) is 2.75. The summed E-state index contributed by atoms with van der Waals surface area (Å²) in [5, 5.41) is 12.7. The molecule has 3 nitrogen and oxygen atoms in total. The molecule has 0 amide bonds. The van der Waals surface area contributed by atoms with Crippen LogP contribution in [0.4, 0.5) is 11.4 Å². The SMILES string of the molecule is Nc1ccc(NCC2CCCC2CO)c(Br)c1. The van der Waals surface area contributed by atoms with E-state index in [1.165, 1.54) is 12.8 Å². The molecular weight excluding hydrogens is 280 g/mol. The number of rotatable bonds is 4. The number of benzene rings is 1. The van der Waals surface area contributed by atoms with Crippen molar-refractivity contribution in [2.24, 2.45) is 11.8 Å². The van der Waals surface area contributed by atoms with Gasteiger partial charge in [-0.15, -0.1) is 0 Å². The molecule has 0 aliphatic heterocycles. The van der Waals surface area contributed by atoms with Crippen molar-refractivity contribution in [1.82, 2.24) is 0 Å². The second kappa shape index (κ2) is 5.74. The van der Waals surface area contributed by atoms with Crippen LogP contribution < -0.4 is 11.1 Å². The second-order valence-corrected chi connectivity index (χ2v) is 5.61. The molecule has 2 unspecified atom stereocenters. The van der Waals surface area contributed by atoms with Crippen LogP contribution in [0, 0.1) is 11.8 Å². The second-order valence-electron chi connectivity index (χ2n) is 4.75. The summed E-state index contributed by atoms with van der Waals surface area (Å²) in [5.74, 6) is 1.06. The first-order chi connectivity index (χ1) is 8.20. The zero-order valence-electron chi connectivity index (χ0n) is 9.82. The molecule has 1 aromatic carbocycles. The number of nitrogens with two attached hydrogens (primary N) is 1. The van der Waals surface area contributed by atoms with E-state index < -0.39 is 0 Å². The van der Waals surface area contributed by atoms with Crippen molar-refractivity contribution < 1.29 is 5.11 Å². The molecule has 0 bridgehead atoms. The third-order valence-corrected chi connectivity index (χ3v) is 4.25. The molecule has 2 atom stereocenters. The zero-order valence-corrected chi connectivity index (χ0v) is 11.4. The number of nitrogens with one attached hydrogen (secondary N) is 1. The summed E-state index contributed by atoms with van der Waals surface area (Å²) in [5.41, 5.74) is 7.53. The molecule has 2 rings (SSSR count). The molecular formula is C13H19BrN2O. The normalized spacial score (nSPS) is 23.9. The predicted molar refractivity (Wildman–Crippen MR) is 75.0 cm³/mol. The minimum Gasteiger partial charge on any atom is -0.399 e. The van der Waals surface area contributed by atoms with Gasteiger partial charge < -0.3 is 16.2 Å². The van der Waals surface area contributed by atoms with Gasteiger partial charge in [-0.3, -0.25) is 0 Å². The lowest BCUT2D eigenvalue weighted by molar-refractivity contribution is 0.199. The van der Waals surface area contributed by atoms with Gasteiger partial charge in [0.25, 0.3) is 0 Å². The van der Waals surface area contributed by atoms with Crippen LogP contribution in [-0.2, 0) is 0 Å². The Hall–Kier alpha value is -0.740. The summed E-state index contributed by atoms with van der Waals surface area (Å²) in [4.78, 5) is 0. The summed E-state index contributed by atoms with van der Waals surface area (Å²) in [7, 11) is 0. The lowest BCUT2D eigenvalue weighted by Gasteiger charge is -2.19. The van der Waals surface area contributed by atoms with Crippen molar-refractivity contribution in [2.45, 2.75) is 19.3 Å². The molecule has 1 aliphatic rings. The maximum atomic E-state index is 9.27. The van der Waals surface area contributed by atoms with Crippen LogP contribution in [0.2, 0.25) is 0 Å². The van der Waals surface area contributed by atoms with E-state index in [0.717, 1.165) is 28.8 Å². The van der Waals surface area contributed by atoms with E-state index in [0.29, 0.717) is 18.4 Å². The minimum absolute atomic E-state index is 0.315. The Labute approximate surface area is 111 Å². The van der Waals surface area contributed by atoms with Gasteiger partial charge in [0.15, 0.2) is 0 Å². The van der Waals surface area contributed by atoms with Crippen LogP contribution in [0.1, 0.15) is 19.3 Å². The molecule has 0 saturated heterocycles. The van der Waals surface area contributed by atoms with E-state index in [9.17, 15) is 5.11 Å². The number of hydrogen-bond acceptors (Lipinski definition) is 3. The van der Waals surface area contributed by atoms with Crippen LogP contribution in [0.25, 0.3) is 0 Å². The van der Waals surface area contributed by atoms with E-state index in [4.69, 9.17) is 5.73 Å². The average molecular weight is 299 g/mol. The minimum atomic E-state index is 0.315. The van der Waals surface area contributed by atoms with Crippen molar-refractivity contribution in [3.8, 4) is 0 Å². The van der Waals surface area contributed by atoms with Crippen LogP contribution in [0.3, 0.4) is 0 Å². The summed E-state index contributed by atoms with van der Waals surface area (Å²) in [6, 6.07) is 5.79. The van der Waals surface area contributed by atoms with Crippen molar-refractivity contribution in [3.05, 3.63) is 22.7 Å². The Morgan fingerprint density at radius 2 is 2.12 bits per heavy atom. The first kappa shape index (κ1) is 12.7. The highest BCUT2D eigenvalue weighted by atomic mass is 79.9. The van der Waals surface area contributed by atoms with Gasteiger partial charge in [-0.05, 0) is 58.8 Å². The van der Waals surface area contributed by atoms with Crippen molar-refractivity contribution >= 4 is 27.3 Å². The Morgan fingerprint density at radius 3 is 2.82 bits per heavy atom. The number of anilines is 2. The van der Waals surface area contributed by atoms with Crippen LogP contribution in [0.15, 0.2) is 22.7 Å². The number of nitrogen functional groups attached to an aromatic ring is 1. The molecule has 17 heavy (non-hydrogen) atoms. The fourth-order valence-electron chi connectivity index (χ4n) is 2.54. The Bertz CT molecular complexity index is 384. The molecule has 1 fully saturated rings. The van der Waals surface area contributed by atoms with Crippen LogP contribution in [0.5, 0.6) is 0 Å². The van der Waals surface area contributed by atoms with Gasteiger partial charge in [-0.2, -0.15) is 0 Å². The first-order valence-electron chi connectivity index (χ1n) is 6.10. The van der Waals surface area contributed by atoms with E-state index in [1.807, 2.05) is 18.2 Å². The highest BCUT2D eigenvalue weighted by Gasteiger charge is 2.26. The molecule has 4 N–H and O–H groups in total. The molecule has 4 heteroatoms. The number of hydrogen-bond donors (Lipinski definition) is 3. The molecule has 1 aromatic rings. The van der Waals surface area contributed by atoms with Gasteiger partial charge in [-0.25, -0.2) is 0 Å². The predicted octanol–water partition coefficient (Wildman–Crippen LogP) is 2.85. The van der Waals surface area contributed by atoms with Gasteiger partial charge in [0, 0.05) is 29.0 Å². The van der Waals surface area contributed by atoms with E-state index in [1.54, 1.807) is 0 Å². The lowest BCUT2D eigenvalue weighted by Crippen LogP contribution is -2.20. The zero-order chi connectivity index (χ0) is 12.3. The third kappa shape index (κ3) is 3.13. The monoisotopic (exact) mass is 298 g/mol. The Morgan fingerprint density at radius 1 is 1.35 bits per heavy atom. The fraction of sp³-hybridized carbons (Fsp3) is 0.538. The van der Waals surface area contributed by atoms with Crippen molar-refractivity contribution in [2.75, 3.05) is 24.2 Å².